The van der Waals surface area contributed by atoms with Crippen LogP contribution in [0.3, 0.4) is 0 Å². The zero-order valence-electron chi connectivity index (χ0n) is 20.9. The fourth-order valence-electron chi connectivity index (χ4n) is 4.00. The zero-order chi connectivity index (χ0) is 25.6. The molecule has 0 spiro atoms. The number of benzene rings is 3. The molecule has 0 aromatic heterocycles. The van der Waals surface area contributed by atoms with Crippen molar-refractivity contribution in [3.05, 3.63) is 95.6 Å². The lowest BCUT2D eigenvalue weighted by molar-refractivity contribution is -0.119. The van der Waals surface area contributed by atoms with Crippen molar-refractivity contribution >= 4 is 27.3 Å². The van der Waals surface area contributed by atoms with Gasteiger partial charge in [0.15, 0.2) is 0 Å². The van der Waals surface area contributed by atoms with E-state index in [9.17, 15) is 13.2 Å². The Morgan fingerprint density at radius 2 is 1.54 bits per heavy atom. The minimum Gasteiger partial charge on any atom is -0.271 e. The van der Waals surface area contributed by atoms with Gasteiger partial charge in [0.2, 0.25) is 0 Å². The number of nitrogens with zero attached hydrogens (tertiary/aromatic N) is 2. The molecule has 6 nitrogen and oxygen atoms in total. The Labute approximate surface area is 208 Å². The van der Waals surface area contributed by atoms with Gasteiger partial charge in [-0.05, 0) is 67.5 Å². The predicted octanol–water partition coefficient (Wildman–Crippen LogP) is 5.36. The highest BCUT2D eigenvalue weighted by molar-refractivity contribution is 7.92. The molecule has 3 aromatic rings. The molecule has 1 amide bonds. The van der Waals surface area contributed by atoms with Gasteiger partial charge < -0.3 is 0 Å². The summed E-state index contributed by atoms with van der Waals surface area (Å²) in [6.45, 7) is 9.43. The molecule has 0 radical (unpaired) electrons. The number of carbonyl (C=O) groups is 1. The Bertz CT molecular complexity index is 1300. The van der Waals surface area contributed by atoms with Crippen molar-refractivity contribution in [2.45, 2.75) is 51.3 Å². The molecule has 0 aliphatic rings. The third-order valence-corrected chi connectivity index (χ3v) is 7.65. The highest BCUT2D eigenvalue weighted by atomic mass is 32.2. The standard InChI is InChI=1S/C28H33N3O3S/c1-21-16-17-22(2)26(18-21)31(35(33,34)25-14-10-7-11-15-25)20-27(32)30-29-23(3)19-28(4,5)24-12-8-6-9-13-24/h6-18H,19-20H2,1-5H3,(H,30,32)/b29-23-. The number of hydrazone groups is 1. The maximum atomic E-state index is 13.5. The summed E-state index contributed by atoms with van der Waals surface area (Å²) < 4.78 is 28.2. The van der Waals surface area contributed by atoms with Crippen LogP contribution in [0.1, 0.15) is 43.9 Å². The maximum Gasteiger partial charge on any atom is 0.264 e. The number of sulfonamides is 1. The van der Waals surface area contributed by atoms with E-state index in [4.69, 9.17) is 0 Å². The van der Waals surface area contributed by atoms with E-state index < -0.39 is 15.9 Å². The Morgan fingerprint density at radius 1 is 0.943 bits per heavy atom. The average molecular weight is 492 g/mol. The number of anilines is 1. The van der Waals surface area contributed by atoms with Crippen LogP contribution < -0.4 is 9.73 Å². The monoisotopic (exact) mass is 491 g/mol. The fourth-order valence-corrected chi connectivity index (χ4v) is 5.50. The molecule has 0 unspecified atom stereocenters. The van der Waals surface area contributed by atoms with E-state index in [1.165, 1.54) is 17.7 Å². The first-order valence-corrected chi connectivity index (χ1v) is 13.0. The summed E-state index contributed by atoms with van der Waals surface area (Å²) >= 11 is 0. The van der Waals surface area contributed by atoms with Crippen LogP contribution in [-0.2, 0) is 20.2 Å². The number of hydrogen-bond donors (Lipinski definition) is 1. The second kappa shape index (κ2) is 10.9. The Hall–Kier alpha value is -3.45. The zero-order valence-corrected chi connectivity index (χ0v) is 21.8. The third-order valence-electron chi connectivity index (χ3n) is 5.88. The number of amides is 1. The van der Waals surface area contributed by atoms with Gasteiger partial charge in [0.25, 0.3) is 15.9 Å². The summed E-state index contributed by atoms with van der Waals surface area (Å²) in [6, 6.07) is 23.8. The molecule has 3 aromatic carbocycles. The molecule has 0 fully saturated rings. The molecule has 0 saturated carbocycles. The molecule has 1 N–H and O–H groups in total. The van der Waals surface area contributed by atoms with Crippen molar-refractivity contribution in [2.24, 2.45) is 5.10 Å². The summed E-state index contributed by atoms with van der Waals surface area (Å²) in [6.07, 6.45) is 0.639. The van der Waals surface area contributed by atoms with Gasteiger partial charge in [-0.3, -0.25) is 9.10 Å². The Morgan fingerprint density at radius 3 is 2.17 bits per heavy atom. The van der Waals surface area contributed by atoms with Crippen molar-refractivity contribution in [1.82, 2.24) is 5.43 Å². The van der Waals surface area contributed by atoms with Crippen molar-refractivity contribution in [2.75, 3.05) is 10.8 Å². The van der Waals surface area contributed by atoms with E-state index in [0.717, 1.165) is 21.1 Å². The Kier molecular flexibility index (Phi) is 8.12. The van der Waals surface area contributed by atoms with Crippen LogP contribution in [0.2, 0.25) is 0 Å². The van der Waals surface area contributed by atoms with Crippen LogP contribution in [-0.4, -0.2) is 26.6 Å². The van der Waals surface area contributed by atoms with Crippen molar-refractivity contribution in [1.29, 1.82) is 0 Å². The molecule has 0 atom stereocenters. The van der Waals surface area contributed by atoms with E-state index in [0.29, 0.717) is 12.1 Å². The number of nitrogens with one attached hydrogen (secondary N) is 1. The van der Waals surface area contributed by atoms with Gasteiger partial charge in [-0.2, -0.15) is 5.10 Å². The first-order valence-electron chi connectivity index (χ1n) is 11.5. The number of rotatable bonds is 9. The number of hydrogen-bond acceptors (Lipinski definition) is 4. The molecule has 0 heterocycles. The number of carbonyl (C=O) groups excluding carboxylic acids is 1. The molecule has 3 rings (SSSR count). The van der Waals surface area contributed by atoms with Crippen LogP contribution in [0.4, 0.5) is 5.69 Å². The highest BCUT2D eigenvalue weighted by Crippen LogP contribution is 2.28. The predicted molar refractivity (Wildman–Crippen MR) is 142 cm³/mol. The lowest BCUT2D eigenvalue weighted by Crippen LogP contribution is -2.40. The molecule has 35 heavy (non-hydrogen) atoms. The van der Waals surface area contributed by atoms with Crippen LogP contribution in [0.25, 0.3) is 0 Å². The quantitative estimate of drug-likeness (QED) is 0.323. The van der Waals surface area contributed by atoms with Gasteiger partial charge in [-0.1, -0.05) is 74.5 Å². The van der Waals surface area contributed by atoms with Gasteiger partial charge in [-0.25, -0.2) is 13.8 Å². The van der Waals surface area contributed by atoms with Crippen LogP contribution in [0.15, 0.2) is 88.9 Å². The fraction of sp³-hybridized carbons (Fsp3) is 0.286. The van der Waals surface area contributed by atoms with Gasteiger partial charge in [-0.15, -0.1) is 0 Å². The summed E-state index contributed by atoms with van der Waals surface area (Å²) in [4.78, 5) is 13.0. The van der Waals surface area contributed by atoms with E-state index in [2.05, 4.69) is 36.5 Å². The van der Waals surface area contributed by atoms with Crippen molar-refractivity contribution in [3.8, 4) is 0 Å². The SMILES string of the molecule is C/C(CC(C)(C)c1ccccc1)=N/NC(=O)CN(c1cc(C)ccc1C)S(=O)(=O)c1ccccc1. The third kappa shape index (κ3) is 6.57. The van der Waals surface area contributed by atoms with E-state index in [1.807, 2.05) is 51.1 Å². The van der Waals surface area contributed by atoms with Crippen molar-refractivity contribution in [3.63, 3.8) is 0 Å². The molecule has 0 bridgehead atoms. The molecule has 7 heteroatoms. The van der Waals surface area contributed by atoms with E-state index >= 15 is 0 Å². The molecule has 184 valence electrons. The molecule has 0 aliphatic carbocycles. The topological polar surface area (TPSA) is 78.8 Å². The maximum absolute atomic E-state index is 13.5. The first kappa shape index (κ1) is 26.2. The summed E-state index contributed by atoms with van der Waals surface area (Å²) in [5.41, 5.74) is 6.44. The Balaban J connectivity index is 1.83. The molecular weight excluding hydrogens is 458 g/mol. The van der Waals surface area contributed by atoms with Crippen LogP contribution in [0, 0.1) is 13.8 Å². The smallest absolute Gasteiger partial charge is 0.264 e. The van der Waals surface area contributed by atoms with Gasteiger partial charge in [0.1, 0.15) is 6.54 Å². The molecule has 0 aliphatic heterocycles. The van der Waals surface area contributed by atoms with E-state index in [-0.39, 0.29) is 16.9 Å². The molecular formula is C28H33N3O3S. The summed E-state index contributed by atoms with van der Waals surface area (Å²) in [5, 5.41) is 4.27. The first-order chi connectivity index (χ1) is 16.5. The summed E-state index contributed by atoms with van der Waals surface area (Å²) in [5.74, 6) is -0.512. The molecule has 0 saturated heterocycles. The minimum absolute atomic E-state index is 0.123. The van der Waals surface area contributed by atoms with Crippen LogP contribution in [0.5, 0.6) is 0 Å². The van der Waals surface area contributed by atoms with Crippen LogP contribution >= 0.6 is 0 Å². The lowest BCUT2D eigenvalue weighted by Gasteiger charge is -2.26. The minimum atomic E-state index is -3.97. The second-order valence-corrected chi connectivity index (χ2v) is 11.3. The van der Waals surface area contributed by atoms with Crippen molar-refractivity contribution < 1.29 is 13.2 Å². The normalized spacial score (nSPS) is 12.3. The average Bonchev–Trinajstić information content (AvgIpc) is 2.83. The second-order valence-electron chi connectivity index (χ2n) is 9.42. The van der Waals surface area contributed by atoms with Gasteiger partial charge in [0.05, 0.1) is 10.6 Å². The van der Waals surface area contributed by atoms with Gasteiger partial charge in [0, 0.05) is 5.71 Å². The van der Waals surface area contributed by atoms with E-state index in [1.54, 1.807) is 24.3 Å². The lowest BCUT2D eigenvalue weighted by atomic mass is 9.80. The highest BCUT2D eigenvalue weighted by Gasteiger charge is 2.28. The summed E-state index contributed by atoms with van der Waals surface area (Å²) in [7, 11) is -3.97. The largest absolute Gasteiger partial charge is 0.271 e. The van der Waals surface area contributed by atoms with Gasteiger partial charge >= 0.3 is 0 Å². The number of aryl methyl sites for hydroxylation is 2.